The van der Waals surface area contributed by atoms with Crippen LogP contribution in [0, 0.1) is 0 Å². The molecule has 72 valence electrons. The highest BCUT2D eigenvalue weighted by Gasteiger charge is 2.08. The second kappa shape index (κ2) is 5.42. The molecule has 0 aliphatic carbocycles. The van der Waals surface area contributed by atoms with E-state index in [1.165, 1.54) is 0 Å². The van der Waals surface area contributed by atoms with Gasteiger partial charge in [0.2, 0.25) is 0 Å². The van der Waals surface area contributed by atoms with Crippen molar-refractivity contribution in [3.8, 4) is 0 Å². The van der Waals surface area contributed by atoms with Crippen LogP contribution in [0.5, 0.6) is 0 Å². The Labute approximate surface area is 84.2 Å². The standard InChI is InChI=1S/C8H7ClF2OS/c9-12-5-6-3-1-2-4-7(6)13-8(10)11/h1-4,8H,5H2. The molecule has 0 amide bonds. The van der Waals surface area contributed by atoms with Gasteiger partial charge in [0.15, 0.2) is 0 Å². The summed E-state index contributed by atoms with van der Waals surface area (Å²) in [6.07, 6.45) is 0. The van der Waals surface area contributed by atoms with Gasteiger partial charge in [0.1, 0.15) is 0 Å². The van der Waals surface area contributed by atoms with E-state index < -0.39 is 5.76 Å². The number of hydrogen-bond donors (Lipinski definition) is 0. The van der Waals surface area contributed by atoms with Crippen LogP contribution in [0.15, 0.2) is 29.2 Å². The van der Waals surface area contributed by atoms with Crippen LogP contribution in [0.1, 0.15) is 5.56 Å². The first-order chi connectivity index (χ1) is 6.24. The lowest BCUT2D eigenvalue weighted by Crippen LogP contribution is -1.90. The number of rotatable bonds is 4. The van der Waals surface area contributed by atoms with Crippen molar-refractivity contribution in [3.05, 3.63) is 29.8 Å². The van der Waals surface area contributed by atoms with E-state index in [1.54, 1.807) is 24.3 Å². The van der Waals surface area contributed by atoms with Crippen LogP contribution in [0.4, 0.5) is 8.78 Å². The van der Waals surface area contributed by atoms with E-state index in [1.807, 2.05) is 0 Å². The molecule has 1 rings (SSSR count). The summed E-state index contributed by atoms with van der Waals surface area (Å²) in [4.78, 5) is 0.498. The summed E-state index contributed by atoms with van der Waals surface area (Å²) in [5.74, 6) is -2.42. The van der Waals surface area contributed by atoms with Crippen LogP contribution in [-0.4, -0.2) is 5.76 Å². The van der Waals surface area contributed by atoms with Crippen LogP contribution >= 0.6 is 23.6 Å². The van der Waals surface area contributed by atoms with Crippen molar-refractivity contribution in [1.29, 1.82) is 0 Å². The van der Waals surface area contributed by atoms with E-state index in [0.717, 1.165) is 0 Å². The maximum atomic E-state index is 12.0. The Morgan fingerprint density at radius 2 is 2.08 bits per heavy atom. The molecule has 0 atom stereocenters. The van der Waals surface area contributed by atoms with Gasteiger partial charge in [-0.2, -0.15) is 8.78 Å². The minimum Gasteiger partial charge on any atom is -0.274 e. The Morgan fingerprint density at radius 3 is 2.69 bits per heavy atom. The smallest absolute Gasteiger partial charge is 0.274 e. The Bertz CT molecular complexity index is 270. The van der Waals surface area contributed by atoms with Crippen LogP contribution in [0.3, 0.4) is 0 Å². The molecule has 0 aromatic heterocycles. The summed E-state index contributed by atoms with van der Waals surface area (Å²) in [7, 11) is 0. The van der Waals surface area contributed by atoms with Gasteiger partial charge in [-0.05, 0) is 11.6 Å². The number of hydrogen-bond acceptors (Lipinski definition) is 2. The third kappa shape index (κ3) is 3.50. The van der Waals surface area contributed by atoms with Gasteiger partial charge in [0.05, 0.1) is 18.5 Å². The molecule has 1 nitrogen and oxygen atoms in total. The van der Waals surface area contributed by atoms with E-state index in [4.69, 9.17) is 11.9 Å². The summed E-state index contributed by atoms with van der Waals surface area (Å²) in [5, 5.41) is 0. The van der Waals surface area contributed by atoms with Crippen molar-refractivity contribution >= 4 is 23.6 Å². The molecule has 0 saturated heterocycles. The number of halogens is 3. The Kier molecular flexibility index (Phi) is 4.48. The average Bonchev–Trinajstić information content (AvgIpc) is 2.08. The third-order valence-corrected chi connectivity index (χ3v) is 2.34. The van der Waals surface area contributed by atoms with E-state index >= 15 is 0 Å². The van der Waals surface area contributed by atoms with Crippen LogP contribution in [0.2, 0.25) is 0 Å². The normalized spacial score (nSPS) is 10.8. The predicted octanol–water partition coefficient (Wildman–Crippen LogP) is 3.67. The quantitative estimate of drug-likeness (QED) is 0.722. The highest BCUT2D eigenvalue weighted by atomic mass is 35.5. The van der Waals surface area contributed by atoms with Gasteiger partial charge in [-0.3, -0.25) is 4.29 Å². The number of thioether (sulfide) groups is 1. The zero-order chi connectivity index (χ0) is 9.68. The van der Waals surface area contributed by atoms with Gasteiger partial charge < -0.3 is 0 Å². The lowest BCUT2D eigenvalue weighted by molar-refractivity contribution is 0.252. The minimum atomic E-state index is -2.42. The first kappa shape index (κ1) is 10.8. The molecule has 0 aliphatic rings. The van der Waals surface area contributed by atoms with Gasteiger partial charge in [0, 0.05) is 4.90 Å². The lowest BCUT2D eigenvalue weighted by Gasteiger charge is -2.05. The SMILES string of the molecule is FC(F)Sc1ccccc1COCl. The minimum absolute atomic E-state index is 0.136. The predicted molar refractivity (Wildman–Crippen MR) is 48.9 cm³/mol. The molecule has 0 aliphatic heterocycles. The van der Waals surface area contributed by atoms with E-state index in [0.29, 0.717) is 22.2 Å². The van der Waals surface area contributed by atoms with E-state index in [9.17, 15) is 8.78 Å². The first-order valence-corrected chi connectivity index (χ1v) is 4.69. The fourth-order valence-corrected chi connectivity index (χ4v) is 1.64. The number of benzene rings is 1. The molecule has 0 unspecified atom stereocenters. The molecule has 0 bridgehead atoms. The molecule has 0 heterocycles. The van der Waals surface area contributed by atoms with E-state index in [-0.39, 0.29) is 6.61 Å². The summed E-state index contributed by atoms with van der Waals surface area (Å²) in [6.45, 7) is 0.136. The molecule has 0 fully saturated rings. The zero-order valence-corrected chi connectivity index (χ0v) is 8.12. The zero-order valence-electron chi connectivity index (χ0n) is 6.54. The molecule has 0 N–H and O–H groups in total. The third-order valence-electron chi connectivity index (χ3n) is 1.40. The molecule has 5 heteroatoms. The van der Waals surface area contributed by atoms with E-state index in [2.05, 4.69) is 4.29 Å². The summed E-state index contributed by atoms with van der Waals surface area (Å²) >= 11 is 5.54. The van der Waals surface area contributed by atoms with Crippen molar-refractivity contribution in [2.75, 3.05) is 0 Å². The molecule has 0 spiro atoms. The fourth-order valence-electron chi connectivity index (χ4n) is 0.893. The maximum Gasteiger partial charge on any atom is 0.288 e. The lowest BCUT2D eigenvalue weighted by atomic mass is 10.2. The molecule has 0 radical (unpaired) electrons. The van der Waals surface area contributed by atoms with Crippen molar-refractivity contribution in [2.24, 2.45) is 0 Å². The van der Waals surface area contributed by atoms with Gasteiger partial charge in [-0.15, -0.1) is 0 Å². The second-order valence-corrected chi connectivity index (χ2v) is 3.49. The van der Waals surface area contributed by atoms with Crippen molar-refractivity contribution in [1.82, 2.24) is 0 Å². The monoisotopic (exact) mass is 224 g/mol. The number of alkyl halides is 2. The maximum absolute atomic E-state index is 12.0. The van der Waals surface area contributed by atoms with Gasteiger partial charge in [-0.25, -0.2) is 0 Å². The van der Waals surface area contributed by atoms with Gasteiger partial charge in [-0.1, -0.05) is 30.0 Å². The van der Waals surface area contributed by atoms with Crippen LogP contribution in [0.25, 0.3) is 0 Å². The molecular weight excluding hydrogens is 218 g/mol. The summed E-state index contributed by atoms with van der Waals surface area (Å²) in [5.41, 5.74) is 0.669. The molecular formula is C8H7ClF2OS. The Morgan fingerprint density at radius 1 is 1.38 bits per heavy atom. The summed E-state index contributed by atoms with van der Waals surface area (Å²) < 4.78 is 28.4. The topological polar surface area (TPSA) is 9.23 Å². The highest BCUT2D eigenvalue weighted by Crippen LogP contribution is 2.28. The van der Waals surface area contributed by atoms with Gasteiger partial charge in [0.25, 0.3) is 5.76 Å². The van der Waals surface area contributed by atoms with Crippen molar-refractivity contribution < 1.29 is 13.1 Å². The van der Waals surface area contributed by atoms with Crippen molar-refractivity contribution in [3.63, 3.8) is 0 Å². The fraction of sp³-hybridized carbons (Fsp3) is 0.250. The Hall–Kier alpha value is -0.320. The van der Waals surface area contributed by atoms with Crippen molar-refractivity contribution in [2.45, 2.75) is 17.3 Å². The highest BCUT2D eigenvalue weighted by molar-refractivity contribution is 7.99. The summed E-state index contributed by atoms with van der Waals surface area (Å²) in [6, 6.07) is 6.76. The molecule has 0 saturated carbocycles. The van der Waals surface area contributed by atoms with Crippen LogP contribution < -0.4 is 0 Å². The second-order valence-electron chi connectivity index (χ2n) is 2.24. The molecule has 13 heavy (non-hydrogen) atoms. The van der Waals surface area contributed by atoms with Gasteiger partial charge >= 0.3 is 0 Å². The van der Waals surface area contributed by atoms with Crippen LogP contribution in [-0.2, 0) is 10.9 Å². The first-order valence-electron chi connectivity index (χ1n) is 3.50. The average molecular weight is 225 g/mol. The largest absolute Gasteiger partial charge is 0.288 e. The molecule has 1 aromatic rings. The Balaban J connectivity index is 2.78. The molecule has 1 aromatic carbocycles.